The summed E-state index contributed by atoms with van der Waals surface area (Å²) in [5.41, 5.74) is 2.00. The average molecular weight is 409 g/mol. The predicted octanol–water partition coefficient (Wildman–Crippen LogP) is 3.09. The number of likely N-dealkylation sites (tertiary alicyclic amines) is 1. The van der Waals surface area contributed by atoms with Crippen LogP contribution in [0.5, 0.6) is 0 Å². The molecule has 0 aliphatic carbocycles. The number of aryl methyl sites for hydroxylation is 1. The molecule has 0 spiro atoms. The van der Waals surface area contributed by atoms with Gasteiger partial charge in [-0.2, -0.15) is 0 Å². The van der Waals surface area contributed by atoms with Crippen molar-refractivity contribution in [3.05, 3.63) is 32.9 Å². The number of amides is 1. The number of hydrogen-bond acceptors (Lipinski definition) is 2. The molecule has 1 N–H and O–H groups in total. The first kappa shape index (κ1) is 17.7. The van der Waals surface area contributed by atoms with Gasteiger partial charge >= 0.3 is 0 Å². The van der Waals surface area contributed by atoms with Gasteiger partial charge in [-0.25, -0.2) is 0 Å². The molecule has 0 unspecified atom stereocenters. The van der Waals surface area contributed by atoms with E-state index in [-0.39, 0.29) is 18.3 Å². The number of hydrogen-bond donors (Lipinski definition) is 1. The molecule has 112 valence electrons. The van der Waals surface area contributed by atoms with Crippen molar-refractivity contribution in [2.75, 3.05) is 26.7 Å². The normalized spacial score (nSPS) is 15.8. The van der Waals surface area contributed by atoms with Crippen molar-refractivity contribution in [1.29, 1.82) is 0 Å². The van der Waals surface area contributed by atoms with E-state index in [9.17, 15) is 4.79 Å². The topological polar surface area (TPSA) is 32.3 Å². The minimum Gasteiger partial charge on any atom is -0.339 e. The third-order valence-electron chi connectivity index (χ3n) is 3.75. The van der Waals surface area contributed by atoms with Crippen molar-refractivity contribution in [3.8, 4) is 0 Å². The number of halogens is 2. The zero-order valence-electron chi connectivity index (χ0n) is 12.0. The van der Waals surface area contributed by atoms with Gasteiger partial charge in [-0.1, -0.05) is 11.6 Å². The number of piperidine rings is 1. The summed E-state index contributed by atoms with van der Waals surface area (Å²) in [5, 5.41) is 3.23. The van der Waals surface area contributed by atoms with Gasteiger partial charge in [0.2, 0.25) is 0 Å². The van der Waals surface area contributed by atoms with E-state index in [1.807, 2.05) is 31.0 Å². The molecular weight excluding hydrogens is 387 g/mol. The number of benzene rings is 1. The second kappa shape index (κ2) is 8.20. The Hall–Kier alpha value is -0.330. The second-order valence-electron chi connectivity index (χ2n) is 5.28. The van der Waals surface area contributed by atoms with Gasteiger partial charge in [0.1, 0.15) is 0 Å². The molecule has 2 rings (SSSR count). The van der Waals surface area contributed by atoms with Crippen LogP contribution in [0, 0.1) is 16.4 Å². The lowest BCUT2D eigenvalue weighted by Crippen LogP contribution is -2.40. The van der Waals surface area contributed by atoms with E-state index in [1.54, 1.807) is 0 Å². The molecule has 1 saturated heterocycles. The van der Waals surface area contributed by atoms with E-state index in [0.717, 1.165) is 47.2 Å². The minimum absolute atomic E-state index is 0. The Kier molecular flexibility index (Phi) is 7.26. The molecule has 0 radical (unpaired) electrons. The molecule has 1 fully saturated rings. The third kappa shape index (κ3) is 4.33. The molecule has 1 aliphatic heterocycles. The SMILES string of the molecule is CNCC1CCN(C(=O)c2cc(C)ccc2I)CC1.Cl. The summed E-state index contributed by atoms with van der Waals surface area (Å²) < 4.78 is 1.05. The van der Waals surface area contributed by atoms with Crippen LogP contribution in [0.4, 0.5) is 0 Å². The van der Waals surface area contributed by atoms with Gasteiger partial charge in [0, 0.05) is 16.7 Å². The summed E-state index contributed by atoms with van der Waals surface area (Å²) in [7, 11) is 1.99. The van der Waals surface area contributed by atoms with Crippen LogP contribution in [0.15, 0.2) is 18.2 Å². The van der Waals surface area contributed by atoms with Crippen molar-refractivity contribution in [2.45, 2.75) is 19.8 Å². The Labute approximate surface area is 141 Å². The Balaban J connectivity index is 0.00000200. The number of nitrogens with zero attached hydrogens (tertiary/aromatic N) is 1. The van der Waals surface area contributed by atoms with E-state index in [0.29, 0.717) is 5.92 Å². The highest BCUT2D eigenvalue weighted by molar-refractivity contribution is 14.1. The highest BCUT2D eigenvalue weighted by Gasteiger charge is 2.24. The van der Waals surface area contributed by atoms with Gasteiger partial charge in [-0.05, 0) is 74.0 Å². The van der Waals surface area contributed by atoms with Crippen LogP contribution in [0.1, 0.15) is 28.8 Å². The van der Waals surface area contributed by atoms with Crippen LogP contribution in [0.25, 0.3) is 0 Å². The smallest absolute Gasteiger partial charge is 0.254 e. The maximum absolute atomic E-state index is 12.5. The number of carbonyl (C=O) groups is 1. The summed E-state index contributed by atoms with van der Waals surface area (Å²) >= 11 is 2.25. The summed E-state index contributed by atoms with van der Waals surface area (Å²) in [4.78, 5) is 14.5. The highest BCUT2D eigenvalue weighted by Crippen LogP contribution is 2.21. The van der Waals surface area contributed by atoms with Gasteiger partial charge in [0.05, 0.1) is 5.56 Å². The molecule has 0 bridgehead atoms. The van der Waals surface area contributed by atoms with Crippen molar-refractivity contribution in [3.63, 3.8) is 0 Å². The molecule has 0 atom stereocenters. The molecule has 3 nitrogen and oxygen atoms in total. The standard InChI is InChI=1S/C15H21IN2O.ClH/c1-11-3-4-14(16)13(9-11)15(19)18-7-5-12(6-8-18)10-17-2;/h3-4,9,12,17H,5-8,10H2,1-2H3;1H. The largest absolute Gasteiger partial charge is 0.339 e. The fourth-order valence-corrected chi connectivity index (χ4v) is 3.17. The van der Waals surface area contributed by atoms with E-state index >= 15 is 0 Å². The van der Waals surface area contributed by atoms with Crippen molar-refractivity contribution in [1.82, 2.24) is 10.2 Å². The predicted molar refractivity (Wildman–Crippen MR) is 93.7 cm³/mol. The monoisotopic (exact) mass is 408 g/mol. The summed E-state index contributed by atoms with van der Waals surface area (Å²) in [6.07, 6.45) is 2.21. The first-order valence-electron chi connectivity index (χ1n) is 6.82. The minimum atomic E-state index is 0. The van der Waals surface area contributed by atoms with Crippen LogP contribution in [0.2, 0.25) is 0 Å². The number of carbonyl (C=O) groups excluding carboxylic acids is 1. The van der Waals surface area contributed by atoms with E-state index in [2.05, 4.69) is 34.0 Å². The Morgan fingerprint density at radius 2 is 2.05 bits per heavy atom. The second-order valence-corrected chi connectivity index (χ2v) is 6.44. The lowest BCUT2D eigenvalue weighted by atomic mass is 9.96. The molecule has 1 aliphatic rings. The van der Waals surface area contributed by atoms with Crippen LogP contribution in [-0.2, 0) is 0 Å². The van der Waals surface area contributed by atoms with Crippen LogP contribution in [-0.4, -0.2) is 37.5 Å². The third-order valence-corrected chi connectivity index (χ3v) is 4.69. The van der Waals surface area contributed by atoms with Crippen LogP contribution < -0.4 is 5.32 Å². The molecule has 1 aromatic rings. The fraction of sp³-hybridized carbons (Fsp3) is 0.533. The first-order chi connectivity index (χ1) is 9.11. The molecule has 1 amide bonds. The first-order valence-corrected chi connectivity index (χ1v) is 7.89. The summed E-state index contributed by atoms with van der Waals surface area (Å²) in [6, 6.07) is 6.08. The lowest BCUT2D eigenvalue weighted by molar-refractivity contribution is 0.0689. The van der Waals surface area contributed by atoms with Crippen molar-refractivity contribution < 1.29 is 4.79 Å². The van der Waals surface area contributed by atoms with Gasteiger partial charge in [0.25, 0.3) is 5.91 Å². The number of nitrogens with one attached hydrogen (secondary N) is 1. The van der Waals surface area contributed by atoms with Gasteiger partial charge in [0.15, 0.2) is 0 Å². The molecule has 20 heavy (non-hydrogen) atoms. The average Bonchev–Trinajstić information content (AvgIpc) is 2.42. The summed E-state index contributed by atoms with van der Waals surface area (Å²) in [6.45, 7) is 4.86. The van der Waals surface area contributed by atoms with Crippen LogP contribution in [0.3, 0.4) is 0 Å². The van der Waals surface area contributed by atoms with E-state index in [4.69, 9.17) is 0 Å². The van der Waals surface area contributed by atoms with Gasteiger partial charge < -0.3 is 10.2 Å². The number of rotatable bonds is 3. The lowest BCUT2D eigenvalue weighted by Gasteiger charge is -2.32. The van der Waals surface area contributed by atoms with Crippen LogP contribution >= 0.6 is 35.0 Å². The highest BCUT2D eigenvalue weighted by atomic mass is 127. The molecule has 1 aromatic carbocycles. The molecular formula is C15H22ClIN2O. The Bertz CT molecular complexity index is 459. The van der Waals surface area contributed by atoms with Crippen molar-refractivity contribution in [2.24, 2.45) is 5.92 Å². The molecule has 0 aromatic heterocycles. The van der Waals surface area contributed by atoms with E-state index < -0.39 is 0 Å². The maximum Gasteiger partial charge on any atom is 0.254 e. The van der Waals surface area contributed by atoms with Gasteiger partial charge in [-0.15, -0.1) is 12.4 Å². The zero-order valence-corrected chi connectivity index (χ0v) is 15.0. The maximum atomic E-state index is 12.5. The molecule has 5 heteroatoms. The Morgan fingerprint density at radius 3 is 2.65 bits per heavy atom. The quantitative estimate of drug-likeness (QED) is 0.780. The summed E-state index contributed by atoms with van der Waals surface area (Å²) in [5.74, 6) is 0.904. The fourth-order valence-electron chi connectivity index (χ4n) is 2.60. The molecule has 1 heterocycles. The zero-order chi connectivity index (χ0) is 13.8. The Morgan fingerprint density at radius 1 is 1.40 bits per heavy atom. The van der Waals surface area contributed by atoms with E-state index in [1.165, 1.54) is 0 Å². The van der Waals surface area contributed by atoms with Gasteiger partial charge in [-0.3, -0.25) is 4.79 Å². The molecule has 0 saturated carbocycles. The van der Waals surface area contributed by atoms with Crippen molar-refractivity contribution >= 4 is 40.9 Å².